The normalized spacial score (nSPS) is 11.5. The van der Waals surface area contributed by atoms with Crippen LogP contribution < -0.4 is 4.72 Å². The van der Waals surface area contributed by atoms with Gasteiger partial charge in [-0.3, -0.25) is 0 Å². The second-order valence-electron chi connectivity index (χ2n) is 2.67. The van der Waals surface area contributed by atoms with E-state index in [2.05, 4.69) is 4.74 Å². The Labute approximate surface area is 89.2 Å². The van der Waals surface area contributed by atoms with Crippen molar-refractivity contribution in [2.75, 3.05) is 26.8 Å². The van der Waals surface area contributed by atoms with Crippen molar-refractivity contribution < 1.29 is 23.1 Å². The van der Waals surface area contributed by atoms with Gasteiger partial charge in [0.2, 0.25) is 0 Å². The molecule has 0 saturated carbocycles. The Morgan fingerprint density at radius 2 is 2.13 bits per heavy atom. The van der Waals surface area contributed by atoms with Crippen molar-refractivity contribution in [3.05, 3.63) is 0 Å². The number of ether oxygens (including phenoxy) is 1. The monoisotopic (exact) mass is 240 g/mol. The first-order valence-electron chi connectivity index (χ1n) is 4.44. The summed E-state index contributed by atoms with van der Waals surface area (Å²) in [5.74, 6) is 0. The molecule has 0 aromatic rings. The summed E-state index contributed by atoms with van der Waals surface area (Å²) < 4.78 is 29.9. The number of aliphatic hydroxyl groups is 1. The van der Waals surface area contributed by atoms with E-state index in [0.29, 0.717) is 6.42 Å². The molecular formula is C7H16N2O5S. The maximum Gasteiger partial charge on any atom is 0.421 e. The van der Waals surface area contributed by atoms with Crippen LogP contribution in [0.15, 0.2) is 0 Å². The Hall–Kier alpha value is -0.860. The fourth-order valence-corrected chi connectivity index (χ4v) is 2.04. The molecule has 0 radical (unpaired) electrons. The predicted molar refractivity (Wildman–Crippen MR) is 53.4 cm³/mol. The standard InChI is InChI=1S/C7H16N2O5S/c1-3-9(5-4-6-10)15(12,13)8-7(11)14-2/h10H,3-6H2,1-2H3,(H,8,11). The molecule has 0 unspecified atom stereocenters. The van der Waals surface area contributed by atoms with E-state index in [4.69, 9.17) is 5.11 Å². The number of nitrogens with zero attached hydrogens (tertiary/aromatic N) is 1. The van der Waals surface area contributed by atoms with E-state index in [-0.39, 0.29) is 19.7 Å². The van der Waals surface area contributed by atoms with Gasteiger partial charge in [0.1, 0.15) is 0 Å². The Bertz CT molecular complexity index is 290. The summed E-state index contributed by atoms with van der Waals surface area (Å²) in [6.45, 7) is 1.89. The third-order valence-corrected chi connectivity index (χ3v) is 3.20. The fraction of sp³-hybridized carbons (Fsp3) is 0.857. The molecule has 0 aromatic heterocycles. The maximum atomic E-state index is 11.5. The highest BCUT2D eigenvalue weighted by Crippen LogP contribution is 1.99. The Morgan fingerprint density at radius 1 is 1.53 bits per heavy atom. The van der Waals surface area contributed by atoms with E-state index in [0.717, 1.165) is 11.4 Å². The SMILES string of the molecule is CCN(CCCO)S(=O)(=O)NC(=O)OC. The van der Waals surface area contributed by atoms with E-state index >= 15 is 0 Å². The molecule has 0 atom stereocenters. The largest absolute Gasteiger partial charge is 0.452 e. The highest BCUT2D eigenvalue weighted by molar-refractivity contribution is 7.87. The molecule has 0 aromatic carbocycles. The quantitative estimate of drug-likeness (QED) is 0.639. The number of rotatable bonds is 6. The molecule has 0 rings (SSSR count). The van der Waals surface area contributed by atoms with Crippen LogP contribution in [0.2, 0.25) is 0 Å². The lowest BCUT2D eigenvalue weighted by Crippen LogP contribution is -2.43. The van der Waals surface area contributed by atoms with Gasteiger partial charge in [-0.2, -0.15) is 12.7 Å². The van der Waals surface area contributed by atoms with Crippen LogP contribution in [-0.4, -0.2) is 50.7 Å². The molecule has 0 fully saturated rings. The third-order valence-electron chi connectivity index (χ3n) is 1.66. The molecule has 90 valence electrons. The molecule has 7 nitrogen and oxygen atoms in total. The number of hydrogen-bond donors (Lipinski definition) is 2. The zero-order chi connectivity index (χ0) is 11.9. The lowest BCUT2D eigenvalue weighted by atomic mass is 10.4. The number of methoxy groups -OCH3 is 1. The third kappa shape index (κ3) is 4.96. The average molecular weight is 240 g/mol. The summed E-state index contributed by atoms with van der Waals surface area (Å²) in [6, 6.07) is 0. The highest BCUT2D eigenvalue weighted by atomic mass is 32.2. The van der Waals surface area contributed by atoms with E-state index in [1.807, 2.05) is 0 Å². The molecule has 8 heteroatoms. The van der Waals surface area contributed by atoms with Gasteiger partial charge in [-0.05, 0) is 6.42 Å². The van der Waals surface area contributed by atoms with Crippen LogP contribution in [0.25, 0.3) is 0 Å². The lowest BCUT2D eigenvalue weighted by molar-refractivity contribution is 0.177. The van der Waals surface area contributed by atoms with Gasteiger partial charge in [-0.15, -0.1) is 0 Å². The minimum atomic E-state index is -3.86. The van der Waals surface area contributed by atoms with Crippen LogP contribution in [0, 0.1) is 0 Å². The summed E-state index contributed by atoms with van der Waals surface area (Å²) in [6.07, 6.45) is -0.715. The van der Waals surface area contributed by atoms with Crippen molar-refractivity contribution in [2.45, 2.75) is 13.3 Å². The van der Waals surface area contributed by atoms with Crippen molar-refractivity contribution in [2.24, 2.45) is 0 Å². The van der Waals surface area contributed by atoms with Gasteiger partial charge in [0.15, 0.2) is 0 Å². The summed E-state index contributed by atoms with van der Waals surface area (Å²) in [5.41, 5.74) is 0. The number of hydrogen-bond acceptors (Lipinski definition) is 5. The van der Waals surface area contributed by atoms with Gasteiger partial charge >= 0.3 is 16.3 Å². The molecule has 0 heterocycles. The Kier molecular flexibility index (Phi) is 6.21. The van der Waals surface area contributed by atoms with Crippen molar-refractivity contribution in [3.8, 4) is 0 Å². The van der Waals surface area contributed by atoms with E-state index < -0.39 is 16.3 Å². The van der Waals surface area contributed by atoms with E-state index in [1.165, 1.54) is 0 Å². The molecule has 0 aliphatic carbocycles. The number of carbonyl (C=O) groups excluding carboxylic acids is 1. The minimum Gasteiger partial charge on any atom is -0.452 e. The first-order valence-corrected chi connectivity index (χ1v) is 5.88. The van der Waals surface area contributed by atoms with E-state index in [1.54, 1.807) is 11.6 Å². The van der Waals surface area contributed by atoms with Crippen molar-refractivity contribution in [1.29, 1.82) is 0 Å². The second kappa shape index (κ2) is 6.59. The summed E-state index contributed by atoms with van der Waals surface area (Å²) in [7, 11) is -2.78. The topological polar surface area (TPSA) is 95.9 Å². The van der Waals surface area contributed by atoms with Crippen LogP contribution in [0.5, 0.6) is 0 Å². The number of carbonyl (C=O) groups is 1. The highest BCUT2D eigenvalue weighted by Gasteiger charge is 2.22. The molecule has 1 amide bonds. The van der Waals surface area contributed by atoms with E-state index in [9.17, 15) is 13.2 Å². The van der Waals surface area contributed by atoms with Crippen molar-refractivity contribution in [3.63, 3.8) is 0 Å². The second-order valence-corrected chi connectivity index (χ2v) is 4.34. The van der Waals surface area contributed by atoms with Crippen molar-refractivity contribution >= 4 is 16.3 Å². The molecule has 0 spiro atoms. The maximum absolute atomic E-state index is 11.5. The first kappa shape index (κ1) is 14.1. The Balaban J connectivity index is 4.45. The van der Waals surface area contributed by atoms with Crippen LogP contribution >= 0.6 is 0 Å². The van der Waals surface area contributed by atoms with Crippen LogP contribution in [-0.2, 0) is 14.9 Å². The molecule has 2 N–H and O–H groups in total. The molecule has 0 bridgehead atoms. The van der Waals surface area contributed by atoms with Crippen molar-refractivity contribution in [1.82, 2.24) is 9.03 Å². The molecule has 0 aliphatic heterocycles. The minimum absolute atomic E-state index is 0.107. The predicted octanol–water partition coefficient (Wildman–Crippen LogP) is -0.709. The van der Waals surface area contributed by atoms with Gasteiger partial charge in [-0.25, -0.2) is 9.52 Å². The van der Waals surface area contributed by atoms with Gasteiger partial charge in [-0.1, -0.05) is 6.92 Å². The van der Waals surface area contributed by atoms with Gasteiger partial charge in [0.25, 0.3) is 0 Å². The molecule has 0 saturated heterocycles. The van der Waals surface area contributed by atoms with Gasteiger partial charge < -0.3 is 9.84 Å². The van der Waals surface area contributed by atoms with Gasteiger partial charge in [0, 0.05) is 19.7 Å². The lowest BCUT2D eigenvalue weighted by Gasteiger charge is -2.19. The molecule has 0 aliphatic rings. The number of aliphatic hydroxyl groups excluding tert-OH is 1. The average Bonchev–Trinajstić information content (AvgIpc) is 2.17. The smallest absolute Gasteiger partial charge is 0.421 e. The first-order chi connectivity index (χ1) is 6.97. The van der Waals surface area contributed by atoms with Crippen LogP contribution in [0.3, 0.4) is 0 Å². The van der Waals surface area contributed by atoms with Gasteiger partial charge in [0.05, 0.1) is 7.11 Å². The number of nitrogens with one attached hydrogen (secondary N) is 1. The number of amides is 1. The zero-order valence-electron chi connectivity index (χ0n) is 8.76. The zero-order valence-corrected chi connectivity index (χ0v) is 9.58. The Morgan fingerprint density at radius 3 is 2.53 bits per heavy atom. The van der Waals surface area contributed by atoms with Crippen LogP contribution in [0.1, 0.15) is 13.3 Å². The molecule has 15 heavy (non-hydrogen) atoms. The summed E-state index contributed by atoms with van der Waals surface area (Å²) in [5, 5.41) is 8.57. The molecular weight excluding hydrogens is 224 g/mol. The summed E-state index contributed by atoms with van der Waals surface area (Å²) >= 11 is 0. The summed E-state index contributed by atoms with van der Waals surface area (Å²) in [4.78, 5) is 10.7. The fourth-order valence-electron chi connectivity index (χ4n) is 0.907. The van der Waals surface area contributed by atoms with Crippen LogP contribution in [0.4, 0.5) is 4.79 Å².